The molecule has 0 amide bonds. The van der Waals surface area contributed by atoms with Gasteiger partial charge in [-0.15, -0.1) is 0 Å². The molecule has 18 heavy (non-hydrogen) atoms. The number of rotatable bonds is 3. The van der Waals surface area contributed by atoms with Gasteiger partial charge in [0.1, 0.15) is 5.65 Å². The highest BCUT2D eigenvalue weighted by atomic mass is 15.0. The van der Waals surface area contributed by atoms with E-state index in [4.69, 9.17) is 5.73 Å². The zero-order valence-corrected chi connectivity index (χ0v) is 10.1. The molecule has 0 spiro atoms. The van der Waals surface area contributed by atoms with Gasteiger partial charge in [-0.05, 0) is 36.2 Å². The number of imidazole rings is 1. The Morgan fingerprint density at radius 3 is 2.94 bits per heavy atom. The van der Waals surface area contributed by atoms with E-state index in [-0.39, 0.29) is 0 Å². The molecule has 2 aromatic heterocycles. The van der Waals surface area contributed by atoms with Crippen molar-refractivity contribution in [2.24, 2.45) is 5.73 Å². The third-order valence-electron chi connectivity index (χ3n) is 3.09. The van der Waals surface area contributed by atoms with Crippen LogP contribution in [0.2, 0.25) is 0 Å². The van der Waals surface area contributed by atoms with Gasteiger partial charge in [0.2, 0.25) is 0 Å². The quantitative estimate of drug-likeness (QED) is 0.760. The molecular weight excluding hydrogens is 222 g/mol. The van der Waals surface area contributed by atoms with Crippen LogP contribution in [-0.4, -0.2) is 15.9 Å². The van der Waals surface area contributed by atoms with Crippen LogP contribution in [0.15, 0.2) is 55.0 Å². The molecular formula is C15H15N3. The lowest BCUT2D eigenvalue weighted by Gasteiger charge is -2.06. The highest BCUT2D eigenvalue weighted by molar-refractivity contribution is 5.77. The first-order chi connectivity index (χ1) is 8.88. The van der Waals surface area contributed by atoms with Crippen LogP contribution in [0, 0.1) is 0 Å². The first kappa shape index (κ1) is 11.0. The molecule has 2 heterocycles. The summed E-state index contributed by atoms with van der Waals surface area (Å²) in [6, 6.07) is 12.6. The second-order valence-corrected chi connectivity index (χ2v) is 4.32. The minimum Gasteiger partial charge on any atom is -0.330 e. The Morgan fingerprint density at radius 1 is 1.11 bits per heavy atom. The maximum absolute atomic E-state index is 5.61. The Morgan fingerprint density at radius 2 is 2.06 bits per heavy atom. The monoisotopic (exact) mass is 237 g/mol. The predicted molar refractivity (Wildman–Crippen MR) is 73.4 cm³/mol. The predicted octanol–water partition coefficient (Wildman–Crippen LogP) is 2.50. The molecule has 0 aliphatic carbocycles. The summed E-state index contributed by atoms with van der Waals surface area (Å²) in [7, 11) is 0. The van der Waals surface area contributed by atoms with Gasteiger partial charge in [0.15, 0.2) is 0 Å². The number of aromatic nitrogens is 2. The number of hydrogen-bond donors (Lipinski definition) is 1. The highest BCUT2D eigenvalue weighted by Gasteiger charge is 2.05. The minimum atomic E-state index is 0.678. The van der Waals surface area contributed by atoms with E-state index < -0.39 is 0 Å². The lowest BCUT2D eigenvalue weighted by Crippen LogP contribution is -2.02. The molecule has 90 valence electrons. The number of hydrogen-bond acceptors (Lipinski definition) is 2. The molecule has 3 nitrogen and oxygen atoms in total. The van der Waals surface area contributed by atoms with E-state index in [0.717, 1.165) is 17.6 Å². The first-order valence-electron chi connectivity index (χ1n) is 6.09. The summed E-state index contributed by atoms with van der Waals surface area (Å²) in [4.78, 5) is 4.41. The third-order valence-corrected chi connectivity index (χ3v) is 3.09. The Kier molecular flexibility index (Phi) is 2.82. The zero-order valence-electron chi connectivity index (χ0n) is 10.1. The molecule has 1 aromatic carbocycles. The van der Waals surface area contributed by atoms with Crippen LogP contribution in [0.25, 0.3) is 16.8 Å². The fourth-order valence-electron chi connectivity index (χ4n) is 2.23. The molecule has 3 rings (SSSR count). The van der Waals surface area contributed by atoms with E-state index in [9.17, 15) is 0 Å². The Bertz CT molecular complexity index is 670. The summed E-state index contributed by atoms with van der Waals surface area (Å²) < 4.78 is 2.03. The van der Waals surface area contributed by atoms with Gasteiger partial charge in [-0.1, -0.05) is 24.3 Å². The van der Waals surface area contributed by atoms with Crippen molar-refractivity contribution in [3.05, 3.63) is 60.6 Å². The van der Waals surface area contributed by atoms with Crippen LogP contribution in [0.1, 0.15) is 5.56 Å². The number of pyridine rings is 1. The molecule has 0 bridgehead atoms. The van der Waals surface area contributed by atoms with Crippen LogP contribution in [-0.2, 0) is 6.42 Å². The van der Waals surface area contributed by atoms with Gasteiger partial charge in [0, 0.05) is 24.2 Å². The second-order valence-electron chi connectivity index (χ2n) is 4.32. The fourth-order valence-corrected chi connectivity index (χ4v) is 2.23. The topological polar surface area (TPSA) is 43.3 Å². The van der Waals surface area contributed by atoms with Crippen molar-refractivity contribution in [2.45, 2.75) is 6.42 Å². The fraction of sp³-hybridized carbons (Fsp3) is 0.133. The zero-order chi connectivity index (χ0) is 12.4. The summed E-state index contributed by atoms with van der Waals surface area (Å²) in [6.07, 6.45) is 6.70. The van der Waals surface area contributed by atoms with Crippen molar-refractivity contribution in [3.8, 4) is 11.1 Å². The Hall–Kier alpha value is -2.13. The van der Waals surface area contributed by atoms with E-state index >= 15 is 0 Å². The molecule has 0 saturated carbocycles. The van der Waals surface area contributed by atoms with Crippen LogP contribution in [0.4, 0.5) is 0 Å². The van der Waals surface area contributed by atoms with Crippen molar-refractivity contribution in [2.75, 3.05) is 6.54 Å². The van der Waals surface area contributed by atoms with E-state index in [1.807, 2.05) is 29.1 Å². The van der Waals surface area contributed by atoms with Gasteiger partial charge >= 0.3 is 0 Å². The van der Waals surface area contributed by atoms with E-state index in [2.05, 4.69) is 35.3 Å². The second kappa shape index (κ2) is 4.63. The lowest BCUT2D eigenvalue weighted by atomic mass is 10.0. The minimum absolute atomic E-state index is 0.678. The molecule has 0 atom stereocenters. The molecule has 0 fully saturated rings. The number of nitrogens with two attached hydrogens (primary N) is 1. The van der Waals surface area contributed by atoms with Crippen molar-refractivity contribution >= 4 is 5.65 Å². The summed E-state index contributed by atoms with van der Waals surface area (Å²) >= 11 is 0. The molecule has 0 saturated heterocycles. The number of fused-ring (bicyclic) bond motifs is 1. The molecule has 0 aliphatic heterocycles. The van der Waals surface area contributed by atoms with Crippen LogP contribution >= 0.6 is 0 Å². The average molecular weight is 237 g/mol. The van der Waals surface area contributed by atoms with Gasteiger partial charge in [-0.3, -0.25) is 0 Å². The average Bonchev–Trinajstić information content (AvgIpc) is 2.87. The molecule has 0 radical (unpaired) electrons. The van der Waals surface area contributed by atoms with Gasteiger partial charge in [-0.25, -0.2) is 4.98 Å². The molecule has 0 unspecified atom stereocenters. The lowest BCUT2D eigenvalue weighted by molar-refractivity contribution is 0.969. The maximum atomic E-state index is 5.61. The van der Waals surface area contributed by atoms with Crippen molar-refractivity contribution in [1.82, 2.24) is 9.38 Å². The molecule has 0 aliphatic rings. The normalized spacial score (nSPS) is 10.9. The smallest absolute Gasteiger partial charge is 0.144 e. The number of benzene rings is 1. The van der Waals surface area contributed by atoms with Crippen molar-refractivity contribution in [1.29, 1.82) is 0 Å². The maximum Gasteiger partial charge on any atom is 0.144 e. The largest absolute Gasteiger partial charge is 0.330 e. The van der Waals surface area contributed by atoms with E-state index in [1.165, 1.54) is 11.1 Å². The Labute approximate surface area is 106 Å². The Balaban J connectivity index is 2.13. The van der Waals surface area contributed by atoms with Gasteiger partial charge < -0.3 is 10.1 Å². The highest BCUT2D eigenvalue weighted by Crippen LogP contribution is 2.24. The van der Waals surface area contributed by atoms with Crippen molar-refractivity contribution in [3.63, 3.8) is 0 Å². The SMILES string of the molecule is NCCc1cccc(-c2cccn3ccnc23)c1. The summed E-state index contributed by atoms with van der Waals surface area (Å²) in [5.41, 5.74) is 10.2. The summed E-state index contributed by atoms with van der Waals surface area (Å²) in [5, 5.41) is 0. The summed E-state index contributed by atoms with van der Waals surface area (Å²) in [5.74, 6) is 0. The molecule has 3 aromatic rings. The molecule has 3 heteroatoms. The van der Waals surface area contributed by atoms with E-state index in [0.29, 0.717) is 6.54 Å². The number of nitrogens with zero attached hydrogens (tertiary/aromatic N) is 2. The third kappa shape index (κ3) is 1.89. The van der Waals surface area contributed by atoms with Gasteiger partial charge in [0.05, 0.1) is 0 Å². The van der Waals surface area contributed by atoms with Gasteiger partial charge in [0.25, 0.3) is 0 Å². The van der Waals surface area contributed by atoms with Gasteiger partial charge in [-0.2, -0.15) is 0 Å². The van der Waals surface area contributed by atoms with Crippen LogP contribution in [0.3, 0.4) is 0 Å². The molecule has 2 N–H and O–H groups in total. The van der Waals surface area contributed by atoms with Crippen LogP contribution in [0.5, 0.6) is 0 Å². The van der Waals surface area contributed by atoms with E-state index in [1.54, 1.807) is 0 Å². The standard InChI is InChI=1S/C15H15N3/c16-7-6-12-3-1-4-13(11-12)14-5-2-9-18-10-8-17-15(14)18/h1-5,8-11H,6-7,16H2. The van der Waals surface area contributed by atoms with Crippen LogP contribution < -0.4 is 5.73 Å². The van der Waals surface area contributed by atoms with Crippen molar-refractivity contribution < 1.29 is 0 Å². The first-order valence-corrected chi connectivity index (χ1v) is 6.09. The summed E-state index contributed by atoms with van der Waals surface area (Å²) in [6.45, 7) is 0.678.